The average Bonchev–Trinajstić information content (AvgIpc) is 2.83. The Balaban J connectivity index is 1.72. The normalized spacial score (nSPS) is 18.6. The van der Waals surface area contributed by atoms with Crippen LogP contribution >= 0.6 is 0 Å². The molecule has 0 radical (unpaired) electrons. The summed E-state index contributed by atoms with van der Waals surface area (Å²) in [5.74, 6) is -0.977. The van der Waals surface area contributed by atoms with E-state index in [1.54, 1.807) is 18.2 Å². The van der Waals surface area contributed by atoms with Gasteiger partial charge in [0.1, 0.15) is 0 Å². The number of rotatable bonds is 7. The Labute approximate surface area is 217 Å². The number of ketones is 1. The highest BCUT2D eigenvalue weighted by atomic mass is 16.6. The highest BCUT2D eigenvalue weighted by Crippen LogP contribution is 2.47. The number of hydrogen-bond donors (Lipinski definition) is 1. The molecule has 37 heavy (non-hydrogen) atoms. The second-order valence-electron chi connectivity index (χ2n) is 10.3. The van der Waals surface area contributed by atoms with Crippen molar-refractivity contribution in [2.75, 3.05) is 13.7 Å². The van der Waals surface area contributed by atoms with Crippen LogP contribution in [0.2, 0.25) is 0 Å². The predicted octanol–water partition coefficient (Wildman–Crippen LogP) is 5.01. The summed E-state index contributed by atoms with van der Waals surface area (Å²) in [5.41, 5.74) is 4.00. The van der Waals surface area contributed by atoms with Crippen molar-refractivity contribution in [3.05, 3.63) is 82.2 Å². The van der Waals surface area contributed by atoms with E-state index >= 15 is 0 Å². The van der Waals surface area contributed by atoms with E-state index in [2.05, 4.69) is 19.2 Å². The average molecular weight is 504 g/mol. The van der Waals surface area contributed by atoms with Crippen molar-refractivity contribution in [1.29, 1.82) is 0 Å². The number of methoxy groups -OCH3 is 1. The summed E-state index contributed by atoms with van der Waals surface area (Å²) in [5, 5.41) is 3.35. The number of allylic oxidation sites excluding steroid dienone is 3. The van der Waals surface area contributed by atoms with Gasteiger partial charge in [-0.3, -0.25) is 9.59 Å². The summed E-state index contributed by atoms with van der Waals surface area (Å²) in [4.78, 5) is 38.5. The van der Waals surface area contributed by atoms with Crippen molar-refractivity contribution >= 4 is 17.7 Å². The molecule has 2 aromatic rings. The second kappa shape index (κ2) is 10.6. The van der Waals surface area contributed by atoms with Crippen LogP contribution < -0.4 is 14.8 Å². The number of nitrogens with one attached hydrogen (secondary N) is 1. The Kier molecular flexibility index (Phi) is 7.52. The third-order valence-electron chi connectivity index (χ3n) is 6.70. The van der Waals surface area contributed by atoms with Gasteiger partial charge in [-0.1, -0.05) is 50.2 Å². The molecule has 0 spiro atoms. The maximum atomic E-state index is 13.5. The van der Waals surface area contributed by atoms with Gasteiger partial charge >= 0.3 is 11.9 Å². The van der Waals surface area contributed by atoms with Gasteiger partial charge in [0, 0.05) is 42.7 Å². The van der Waals surface area contributed by atoms with Crippen LogP contribution in [0.3, 0.4) is 0 Å². The molecule has 1 heterocycles. The minimum Gasteiger partial charge on any atom is -0.493 e. The topological polar surface area (TPSA) is 90.9 Å². The van der Waals surface area contributed by atoms with Gasteiger partial charge < -0.3 is 19.5 Å². The first-order valence-electron chi connectivity index (χ1n) is 12.4. The van der Waals surface area contributed by atoms with Crippen molar-refractivity contribution in [1.82, 2.24) is 5.32 Å². The van der Waals surface area contributed by atoms with Gasteiger partial charge in [-0.05, 0) is 42.0 Å². The monoisotopic (exact) mass is 503 g/mol. The fourth-order valence-corrected chi connectivity index (χ4v) is 5.13. The largest absolute Gasteiger partial charge is 0.493 e. The molecule has 0 aromatic heterocycles. The lowest BCUT2D eigenvalue weighted by atomic mass is 9.68. The SMILES string of the molecule is COc1cc(C2C(C(=O)OCCc3ccccc3)=C(C)NC3=C2C(=O)CC(C)(C)C3)ccc1OC(C)=O. The molecule has 0 saturated heterocycles. The van der Waals surface area contributed by atoms with E-state index in [1.165, 1.54) is 14.0 Å². The second-order valence-corrected chi connectivity index (χ2v) is 10.3. The van der Waals surface area contributed by atoms with E-state index in [-0.39, 0.29) is 23.6 Å². The highest BCUT2D eigenvalue weighted by molar-refractivity contribution is 6.04. The van der Waals surface area contributed by atoms with Gasteiger partial charge in [0.25, 0.3) is 0 Å². The summed E-state index contributed by atoms with van der Waals surface area (Å²) >= 11 is 0. The number of Topliss-reactive ketones (excluding diaryl/α,β-unsaturated/α-hetero) is 1. The van der Waals surface area contributed by atoms with Crippen molar-refractivity contribution in [3.63, 3.8) is 0 Å². The third kappa shape index (κ3) is 5.77. The van der Waals surface area contributed by atoms with Crippen LogP contribution in [-0.2, 0) is 25.5 Å². The van der Waals surface area contributed by atoms with Crippen molar-refractivity contribution in [3.8, 4) is 11.5 Å². The number of hydrogen-bond acceptors (Lipinski definition) is 7. The summed E-state index contributed by atoms with van der Waals surface area (Å²) in [6.07, 6.45) is 1.64. The third-order valence-corrected chi connectivity index (χ3v) is 6.70. The van der Waals surface area contributed by atoms with E-state index in [0.29, 0.717) is 47.4 Å². The lowest BCUT2D eigenvalue weighted by molar-refractivity contribution is -0.139. The zero-order chi connectivity index (χ0) is 26.7. The predicted molar refractivity (Wildman–Crippen MR) is 139 cm³/mol. The van der Waals surface area contributed by atoms with Crippen LogP contribution in [0.25, 0.3) is 0 Å². The number of carbonyl (C=O) groups excluding carboxylic acids is 3. The molecule has 4 rings (SSSR count). The lowest BCUT2D eigenvalue weighted by Gasteiger charge is -2.39. The van der Waals surface area contributed by atoms with Crippen LogP contribution in [0, 0.1) is 5.41 Å². The summed E-state index contributed by atoms with van der Waals surface area (Å²) in [6, 6.07) is 14.9. The van der Waals surface area contributed by atoms with E-state index in [0.717, 1.165) is 11.3 Å². The van der Waals surface area contributed by atoms with Crippen LogP contribution in [0.1, 0.15) is 57.6 Å². The molecular weight excluding hydrogens is 470 g/mol. The molecule has 1 atom stereocenters. The minimum absolute atomic E-state index is 0.00568. The summed E-state index contributed by atoms with van der Waals surface area (Å²) < 4.78 is 16.5. The molecule has 0 fully saturated rings. The fourth-order valence-electron chi connectivity index (χ4n) is 5.13. The van der Waals surface area contributed by atoms with Crippen LogP contribution in [0.5, 0.6) is 11.5 Å². The Morgan fingerprint density at radius 1 is 1.05 bits per heavy atom. The van der Waals surface area contributed by atoms with Gasteiger partial charge in [0.05, 0.1) is 19.3 Å². The molecular formula is C30H33NO6. The zero-order valence-corrected chi connectivity index (χ0v) is 22.0. The molecule has 1 N–H and O–H groups in total. The quantitative estimate of drug-likeness (QED) is 0.420. The van der Waals surface area contributed by atoms with E-state index < -0.39 is 17.9 Å². The molecule has 194 valence electrons. The van der Waals surface area contributed by atoms with Gasteiger partial charge in [-0.25, -0.2) is 4.79 Å². The fraction of sp³-hybridized carbons (Fsp3) is 0.367. The Morgan fingerprint density at radius 2 is 1.78 bits per heavy atom. The number of benzene rings is 2. The maximum Gasteiger partial charge on any atom is 0.336 e. The zero-order valence-electron chi connectivity index (χ0n) is 22.0. The van der Waals surface area contributed by atoms with E-state index in [1.807, 2.05) is 37.3 Å². The first-order chi connectivity index (χ1) is 17.6. The maximum absolute atomic E-state index is 13.5. The Morgan fingerprint density at radius 3 is 2.46 bits per heavy atom. The molecule has 1 aliphatic heterocycles. The standard InChI is InChI=1S/C30H33NO6/c1-18-26(29(34)36-14-13-20-9-7-6-8-10-20)27(28-22(31-18)16-30(3,4)17-23(28)33)21-11-12-24(37-19(2)32)25(15-21)35-5/h6-12,15,27,31H,13-14,16-17H2,1-5H3. The highest BCUT2D eigenvalue weighted by Gasteiger charge is 2.43. The van der Waals surface area contributed by atoms with Crippen LogP contribution in [0.4, 0.5) is 0 Å². The lowest BCUT2D eigenvalue weighted by Crippen LogP contribution is -2.38. The van der Waals surface area contributed by atoms with Gasteiger partial charge in [-0.2, -0.15) is 0 Å². The van der Waals surface area contributed by atoms with Crippen molar-refractivity contribution in [2.24, 2.45) is 5.41 Å². The van der Waals surface area contributed by atoms with Gasteiger partial charge in [-0.15, -0.1) is 0 Å². The van der Waals surface area contributed by atoms with Crippen LogP contribution in [-0.4, -0.2) is 31.4 Å². The molecule has 0 amide bonds. The van der Waals surface area contributed by atoms with Gasteiger partial charge in [0.15, 0.2) is 17.3 Å². The Hall–Kier alpha value is -3.87. The number of carbonyl (C=O) groups is 3. The van der Waals surface area contributed by atoms with E-state index in [4.69, 9.17) is 14.2 Å². The number of ether oxygens (including phenoxy) is 3. The molecule has 7 heteroatoms. The number of dihydropyridines is 1. The molecule has 7 nitrogen and oxygen atoms in total. The molecule has 2 aromatic carbocycles. The van der Waals surface area contributed by atoms with Crippen molar-refractivity contribution < 1.29 is 28.6 Å². The first-order valence-corrected chi connectivity index (χ1v) is 12.4. The first kappa shape index (κ1) is 26.2. The molecule has 2 aliphatic rings. The summed E-state index contributed by atoms with van der Waals surface area (Å²) in [7, 11) is 1.48. The number of esters is 2. The van der Waals surface area contributed by atoms with Gasteiger partial charge in [0.2, 0.25) is 0 Å². The molecule has 0 bridgehead atoms. The van der Waals surface area contributed by atoms with Crippen LogP contribution in [0.15, 0.2) is 71.1 Å². The van der Waals surface area contributed by atoms with Crippen molar-refractivity contribution in [2.45, 2.75) is 52.9 Å². The smallest absolute Gasteiger partial charge is 0.336 e. The molecule has 1 aliphatic carbocycles. The van der Waals surface area contributed by atoms with E-state index in [9.17, 15) is 14.4 Å². The molecule has 0 saturated carbocycles. The Bertz CT molecular complexity index is 1290. The minimum atomic E-state index is -0.635. The molecule has 1 unspecified atom stereocenters. The summed E-state index contributed by atoms with van der Waals surface area (Å²) in [6.45, 7) is 7.49.